The quantitative estimate of drug-likeness (QED) is 0.343. The lowest BCUT2D eigenvalue weighted by atomic mass is 10.0. The molecular weight excluding hydrogens is 491 g/mol. The topological polar surface area (TPSA) is 54.2 Å². The Labute approximate surface area is 198 Å². The molecule has 4 heterocycles. The van der Waals surface area contributed by atoms with E-state index in [4.69, 9.17) is 16.6 Å². The number of pyridine rings is 2. The minimum atomic E-state index is -0.309. The van der Waals surface area contributed by atoms with Crippen LogP contribution in [0.2, 0.25) is 0 Å². The maximum absolute atomic E-state index is 13.6. The average molecular weight is 509 g/mol. The largest absolute Gasteiger partial charge is 0.459 e. The third-order valence-corrected chi connectivity index (χ3v) is 6.42. The molecule has 5 nitrogen and oxygen atoms in total. The van der Waals surface area contributed by atoms with E-state index in [1.165, 1.54) is 12.1 Å². The van der Waals surface area contributed by atoms with E-state index in [1.54, 1.807) is 24.7 Å². The molecule has 1 aliphatic heterocycles. The molecule has 0 radical (unpaired) electrons. The van der Waals surface area contributed by atoms with Crippen molar-refractivity contribution < 1.29 is 8.81 Å². The molecule has 160 valence electrons. The van der Waals surface area contributed by atoms with E-state index in [0.717, 1.165) is 22.6 Å². The van der Waals surface area contributed by atoms with E-state index in [0.29, 0.717) is 21.9 Å². The molecule has 2 atom stereocenters. The van der Waals surface area contributed by atoms with E-state index in [-0.39, 0.29) is 17.9 Å². The molecule has 0 aliphatic carbocycles. The van der Waals surface area contributed by atoms with Crippen molar-refractivity contribution in [2.45, 2.75) is 18.6 Å². The SMILES string of the molecule is Fc1ccc(-c2ccc([C@H]3[C@@H](c4ccccn4)NC(=S)N3Cc3ccncc3)o2)c(Br)c1. The molecule has 1 aromatic carbocycles. The van der Waals surface area contributed by atoms with Gasteiger partial charge in [0.05, 0.1) is 11.7 Å². The average Bonchev–Trinajstić information content (AvgIpc) is 3.40. The Morgan fingerprint density at radius 1 is 1.06 bits per heavy atom. The van der Waals surface area contributed by atoms with Gasteiger partial charge in [-0.05, 0) is 88.3 Å². The Morgan fingerprint density at radius 2 is 1.91 bits per heavy atom. The van der Waals surface area contributed by atoms with Gasteiger partial charge in [0.2, 0.25) is 0 Å². The summed E-state index contributed by atoms with van der Waals surface area (Å²) in [5, 5.41) is 4.05. The van der Waals surface area contributed by atoms with Crippen LogP contribution in [0.5, 0.6) is 0 Å². The number of hydrogen-bond donors (Lipinski definition) is 1. The van der Waals surface area contributed by atoms with Crippen molar-refractivity contribution in [3.05, 3.63) is 107 Å². The number of hydrogen-bond acceptors (Lipinski definition) is 4. The van der Waals surface area contributed by atoms with Crippen LogP contribution in [0.25, 0.3) is 11.3 Å². The summed E-state index contributed by atoms with van der Waals surface area (Å²) in [6.07, 6.45) is 5.31. The Morgan fingerprint density at radius 3 is 2.66 bits per heavy atom. The van der Waals surface area contributed by atoms with Crippen molar-refractivity contribution in [2.24, 2.45) is 0 Å². The van der Waals surface area contributed by atoms with Crippen LogP contribution in [-0.2, 0) is 6.54 Å². The van der Waals surface area contributed by atoms with Crippen LogP contribution in [-0.4, -0.2) is 20.0 Å². The van der Waals surface area contributed by atoms with Gasteiger partial charge in [-0.25, -0.2) is 4.39 Å². The zero-order valence-electron chi connectivity index (χ0n) is 16.8. The molecule has 32 heavy (non-hydrogen) atoms. The lowest BCUT2D eigenvalue weighted by molar-refractivity contribution is 0.269. The molecule has 0 amide bonds. The van der Waals surface area contributed by atoms with Gasteiger partial charge in [0, 0.05) is 35.2 Å². The maximum Gasteiger partial charge on any atom is 0.170 e. The summed E-state index contributed by atoms with van der Waals surface area (Å²) in [5.41, 5.74) is 2.74. The van der Waals surface area contributed by atoms with Crippen LogP contribution in [0.15, 0.2) is 88.1 Å². The molecule has 1 fully saturated rings. The highest BCUT2D eigenvalue weighted by molar-refractivity contribution is 9.10. The third-order valence-electron chi connectivity index (χ3n) is 5.41. The molecule has 1 N–H and O–H groups in total. The van der Waals surface area contributed by atoms with Gasteiger partial charge in [0.15, 0.2) is 5.11 Å². The minimum Gasteiger partial charge on any atom is -0.459 e. The Balaban J connectivity index is 1.55. The Hall–Kier alpha value is -3.10. The van der Waals surface area contributed by atoms with E-state index >= 15 is 0 Å². The van der Waals surface area contributed by atoms with Crippen molar-refractivity contribution in [3.63, 3.8) is 0 Å². The molecule has 1 aliphatic rings. The van der Waals surface area contributed by atoms with Crippen molar-refractivity contribution in [1.29, 1.82) is 0 Å². The maximum atomic E-state index is 13.6. The van der Waals surface area contributed by atoms with Gasteiger partial charge >= 0.3 is 0 Å². The number of halogens is 2. The number of nitrogens with one attached hydrogen (secondary N) is 1. The molecule has 0 spiro atoms. The first-order valence-corrected chi connectivity index (χ1v) is 11.2. The second-order valence-electron chi connectivity index (χ2n) is 7.44. The van der Waals surface area contributed by atoms with Crippen LogP contribution in [0.1, 0.15) is 29.1 Å². The predicted octanol–water partition coefficient (Wildman–Crippen LogP) is 5.81. The smallest absolute Gasteiger partial charge is 0.170 e. The van der Waals surface area contributed by atoms with E-state index in [9.17, 15) is 4.39 Å². The van der Waals surface area contributed by atoms with Crippen molar-refractivity contribution in [2.75, 3.05) is 0 Å². The highest BCUT2D eigenvalue weighted by atomic mass is 79.9. The van der Waals surface area contributed by atoms with Gasteiger partial charge in [0.1, 0.15) is 23.4 Å². The van der Waals surface area contributed by atoms with Crippen LogP contribution >= 0.6 is 28.1 Å². The molecule has 3 aromatic heterocycles. The zero-order chi connectivity index (χ0) is 22.1. The van der Waals surface area contributed by atoms with Crippen LogP contribution in [0.3, 0.4) is 0 Å². The first-order valence-electron chi connectivity index (χ1n) is 10.0. The molecule has 4 aromatic rings. The first-order chi connectivity index (χ1) is 15.6. The minimum absolute atomic E-state index is 0.179. The molecule has 5 rings (SSSR count). The highest BCUT2D eigenvalue weighted by Gasteiger charge is 2.41. The first kappa shape index (κ1) is 20.8. The second kappa shape index (κ2) is 8.80. The predicted molar refractivity (Wildman–Crippen MR) is 127 cm³/mol. The van der Waals surface area contributed by atoms with Crippen molar-refractivity contribution in [3.8, 4) is 11.3 Å². The normalized spacial score (nSPS) is 18.1. The number of furan rings is 1. The second-order valence-corrected chi connectivity index (χ2v) is 8.68. The van der Waals surface area contributed by atoms with Gasteiger partial charge in [-0.15, -0.1) is 0 Å². The van der Waals surface area contributed by atoms with Crippen molar-refractivity contribution in [1.82, 2.24) is 20.2 Å². The van der Waals surface area contributed by atoms with E-state index < -0.39 is 0 Å². The summed E-state index contributed by atoms with van der Waals surface area (Å²) < 4.78 is 20.5. The standard InChI is InChI=1S/C24H18BrFN4OS/c25-18-13-16(26)4-5-17(18)20-6-7-21(31-20)23-22(19-3-1-2-10-28-19)29-24(32)30(23)14-15-8-11-27-12-9-15/h1-13,22-23H,14H2,(H,29,32)/t22-,23+/m1/s1. The van der Waals surface area contributed by atoms with Gasteiger partial charge < -0.3 is 14.6 Å². The van der Waals surface area contributed by atoms with Crippen LogP contribution < -0.4 is 5.32 Å². The number of thiocarbonyl (C=S) groups is 1. The van der Waals surface area contributed by atoms with Gasteiger partial charge in [0.25, 0.3) is 0 Å². The lowest BCUT2D eigenvalue weighted by Gasteiger charge is -2.26. The number of nitrogens with zero attached hydrogens (tertiary/aromatic N) is 3. The molecule has 0 saturated carbocycles. The van der Waals surface area contributed by atoms with Crippen LogP contribution in [0, 0.1) is 5.82 Å². The molecule has 8 heteroatoms. The number of rotatable bonds is 5. The Kier molecular flexibility index (Phi) is 5.71. The number of benzene rings is 1. The Bertz CT molecular complexity index is 1250. The monoisotopic (exact) mass is 508 g/mol. The number of aromatic nitrogens is 2. The summed E-state index contributed by atoms with van der Waals surface area (Å²) in [6, 6.07) is 17.8. The lowest BCUT2D eigenvalue weighted by Crippen LogP contribution is -2.29. The molecule has 0 bridgehead atoms. The highest BCUT2D eigenvalue weighted by Crippen LogP contribution is 2.42. The summed E-state index contributed by atoms with van der Waals surface area (Å²) in [5.74, 6) is 1.08. The molecular formula is C24H18BrFN4OS. The van der Waals surface area contributed by atoms with Crippen molar-refractivity contribution >= 4 is 33.3 Å². The molecule has 0 unspecified atom stereocenters. The van der Waals surface area contributed by atoms with Gasteiger partial charge in [-0.1, -0.05) is 6.07 Å². The zero-order valence-corrected chi connectivity index (χ0v) is 19.2. The third kappa shape index (κ3) is 4.03. The van der Waals surface area contributed by atoms with Gasteiger partial charge in [-0.2, -0.15) is 0 Å². The summed E-state index contributed by atoms with van der Waals surface area (Å²) in [7, 11) is 0. The van der Waals surface area contributed by atoms with E-state index in [1.807, 2.05) is 42.5 Å². The summed E-state index contributed by atoms with van der Waals surface area (Å²) in [6.45, 7) is 0.596. The summed E-state index contributed by atoms with van der Waals surface area (Å²) >= 11 is 9.14. The fraction of sp³-hybridized carbons (Fsp3) is 0.125. The van der Waals surface area contributed by atoms with E-state index in [2.05, 4.69) is 36.1 Å². The molecule has 1 saturated heterocycles. The van der Waals surface area contributed by atoms with Gasteiger partial charge in [-0.3, -0.25) is 9.97 Å². The fourth-order valence-corrected chi connectivity index (χ4v) is 4.77. The van der Waals surface area contributed by atoms with Crippen LogP contribution in [0.4, 0.5) is 4.39 Å². The fourth-order valence-electron chi connectivity index (χ4n) is 3.92. The summed E-state index contributed by atoms with van der Waals surface area (Å²) in [4.78, 5) is 10.8.